The highest BCUT2D eigenvalue weighted by molar-refractivity contribution is 5.85. The lowest BCUT2D eigenvalue weighted by Gasteiger charge is -2.18. The molecule has 0 saturated heterocycles. The van der Waals surface area contributed by atoms with Gasteiger partial charge < -0.3 is 9.84 Å². The molecule has 0 aliphatic carbocycles. The van der Waals surface area contributed by atoms with E-state index in [-0.39, 0.29) is 22.7 Å². The minimum absolute atomic E-state index is 0.0229. The van der Waals surface area contributed by atoms with Crippen molar-refractivity contribution >= 4 is 23.7 Å². The summed E-state index contributed by atoms with van der Waals surface area (Å²) in [4.78, 5) is 11.5. The zero-order chi connectivity index (χ0) is 21.7. The molecule has 0 radical (unpaired) electrons. The first-order valence-electron chi connectivity index (χ1n) is 8.38. The highest BCUT2D eigenvalue weighted by atomic mass is 19.4. The van der Waals surface area contributed by atoms with Gasteiger partial charge in [0.1, 0.15) is 11.4 Å². The van der Waals surface area contributed by atoms with Crippen molar-refractivity contribution in [1.29, 1.82) is 0 Å². The fraction of sp³-hybridized carbons (Fsp3) is 0.263. The second kappa shape index (κ2) is 8.72. The zero-order valence-corrected chi connectivity index (χ0v) is 15.9. The van der Waals surface area contributed by atoms with Gasteiger partial charge in [-0.3, -0.25) is 0 Å². The first kappa shape index (κ1) is 21.9. The van der Waals surface area contributed by atoms with E-state index in [0.717, 1.165) is 12.1 Å². The van der Waals surface area contributed by atoms with Crippen LogP contribution in [0.15, 0.2) is 57.8 Å². The number of nitrogens with zero attached hydrogens (tertiary/aromatic N) is 3. The molecule has 29 heavy (non-hydrogen) atoms. The number of halogens is 3. The lowest BCUT2D eigenvalue weighted by Crippen LogP contribution is -2.29. The van der Waals surface area contributed by atoms with Crippen molar-refractivity contribution in [3.05, 3.63) is 53.6 Å². The number of hydrazone groups is 1. The number of amides is 1. The molecule has 2 rings (SSSR count). The third-order valence-corrected chi connectivity index (χ3v) is 3.22. The van der Waals surface area contributed by atoms with E-state index in [2.05, 4.69) is 20.8 Å². The van der Waals surface area contributed by atoms with Crippen LogP contribution in [0.1, 0.15) is 31.9 Å². The number of hydrogen-bond acceptors (Lipinski definition) is 6. The van der Waals surface area contributed by atoms with E-state index in [9.17, 15) is 23.1 Å². The van der Waals surface area contributed by atoms with Gasteiger partial charge in [0.15, 0.2) is 0 Å². The van der Waals surface area contributed by atoms with Crippen molar-refractivity contribution in [3.63, 3.8) is 0 Å². The largest absolute Gasteiger partial charge is 0.507 e. The van der Waals surface area contributed by atoms with Crippen LogP contribution in [-0.4, -0.2) is 23.0 Å². The SMILES string of the molecule is CC(C)(C)OC(=O)N/N=C/c1cc(N=Nc2cccc(C(F)(F)F)c2)ccc1O. The average Bonchev–Trinajstić information content (AvgIpc) is 2.60. The van der Waals surface area contributed by atoms with Crippen LogP contribution < -0.4 is 5.43 Å². The van der Waals surface area contributed by atoms with E-state index in [1.165, 1.54) is 36.5 Å². The van der Waals surface area contributed by atoms with Crippen molar-refractivity contribution in [2.24, 2.45) is 15.3 Å². The van der Waals surface area contributed by atoms with Crippen molar-refractivity contribution in [2.45, 2.75) is 32.5 Å². The van der Waals surface area contributed by atoms with Gasteiger partial charge >= 0.3 is 12.3 Å². The van der Waals surface area contributed by atoms with Gasteiger partial charge in [0.05, 0.1) is 23.2 Å². The van der Waals surface area contributed by atoms with Gasteiger partial charge in [-0.05, 0) is 57.2 Å². The van der Waals surface area contributed by atoms with Crippen LogP contribution >= 0.6 is 0 Å². The van der Waals surface area contributed by atoms with E-state index in [1.54, 1.807) is 20.8 Å². The summed E-state index contributed by atoms with van der Waals surface area (Å²) in [6.07, 6.45) is -4.08. The highest BCUT2D eigenvalue weighted by Crippen LogP contribution is 2.32. The van der Waals surface area contributed by atoms with Gasteiger partial charge in [0.2, 0.25) is 0 Å². The Morgan fingerprint density at radius 2 is 1.72 bits per heavy atom. The molecule has 0 saturated carbocycles. The Morgan fingerprint density at radius 1 is 1.07 bits per heavy atom. The third kappa shape index (κ3) is 7.24. The Morgan fingerprint density at radius 3 is 2.34 bits per heavy atom. The molecule has 7 nitrogen and oxygen atoms in total. The number of alkyl halides is 3. The van der Waals surface area contributed by atoms with Crippen molar-refractivity contribution in [2.75, 3.05) is 0 Å². The van der Waals surface area contributed by atoms with E-state index in [1.807, 2.05) is 0 Å². The molecule has 0 spiro atoms. The maximum Gasteiger partial charge on any atom is 0.428 e. The molecule has 0 aliphatic heterocycles. The van der Waals surface area contributed by atoms with E-state index in [0.29, 0.717) is 0 Å². The summed E-state index contributed by atoms with van der Waals surface area (Å²) in [5, 5.41) is 21.2. The summed E-state index contributed by atoms with van der Waals surface area (Å²) in [6, 6.07) is 8.55. The second-order valence-electron chi connectivity index (χ2n) is 6.86. The maximum absolute atomic E-state index is 12.7. The Bertz CT molecular complexity index is 935. The molecule has 0 aromatic heterocycles. The summed E-state index contributed by atoms with van der Waals surface area (Å²) < 4.78 is 43.2. The number of azo groups is 1. The molecule has 10 heteroatoms. The first-order valence-corrected chi connectivity index (χ1v) is 8.38. The number of rotatable bonds is 4. The van der Waals surface area contributed by atoms with Gasteiger partial charge in [-0.2, -0.15) is 28.5 Å². The van der Waals surface area contributed by atoms with Crippen molar-refractivity contribution in [3.8, 4) is 5.75 Å². The highest BCUT2D eigenvalue weighted by Gasteiger charge is 2.30. The number of benzene rings is 2. The van der Waals surface area contributed by atoms with Crippen LogP contribution in [-0.2, 0) is 10.9 Å². The summed E-state index contributed by atoms with van der Waals surface area (Å²) in [5.74, 6) is -0.141. The number of aromatic hydroxyl groups is 1. The normalized spacial score (nSPS) is 12.5. The second-order valence-corrected chi connectivity index (χ2v) is 6.86. The molecule has 0 bridgehead atoms. The lowest BCUT2D eigenvalue weighted by atomic mass is 10.2. The molecular weight excluding hydrogens is 389 g/mol. The molecule has 2 aromatic rings. The molecule has 0 aliphatic rings. The Hall–Kier alpha value is -3.43. The molecule has 154 valence electrons. The minimum atomic E-state index is -4.48. The molecule has 0 fully saturated rings. The van der Waals surface area contributed by atoms with E-state index < -0.39 is 23.4 Å². The minimum Gasteiger partial charge on any atom is -0.507 e. The standard InChI is InChI=1S/C19H19F3N4O3/c1-18(2,3)29-17(28)26-23-11-12-9-15(7-8-16(12)27)25-24-14-6-4-5-13(10-14)19(20,21)22/h4-11,27H,1-3H3,(H,26,28)/b23-11+,25-24?. The van der Waals surface area contributed by atoms with Gasteiger partial charge in [-0.1, -0.05) is 6.07 Å². The smallest absolute Gasteiger partial charge is 0.428 e. The van der Waals surface area contributed by atoms with Crippen LogP contribution in [0.2, 0.25) is 0 Å². The Labute approximate surface area is 164 Å². The third-order valence-electron chi connectivity index (χ3n) is 3.22. The monoisotopic (exact) mass is 408 g/mol. The quantitative estimate of drug-likeness (QED) is 0.387. The van der Waals surface area contributed by atoms with Crippen molar-refractivity contribution in [1.82, 2.24) is 5.43 Å². The van der Waals surface area contributed by atoms with Crippen LogP contribution in [0.5, 0.6) is 5.75 Å². The van der Waals surface area contributed by atoms with Crippen LogP contribution in [0.3, 0.4) is 0 Å². The van der Waals surface area contributed by atoms with Crippen LogP contribution in [0, 0.1) is 0 Å². The molecule has 2 N–H and O–H groups in total. The van der Waals surface area contributed by atoms with E-state index >= 15 is 0 Å². The molecule has 0 unspecified atom stereocenters. The predicted molar refractivity (Wildman–Crippen MR) is 101 cm³/mol. The van der Waals surface area contributed by atoms with Gasteiger partial charge in [0.25, 0.3) is 0 Å². The number of ether oxygens (including phenoxy) is 1. The lowest BCUT2D eigenvalue weighted by molar-refractivity contribution is -0.137. The predicted octanol–water partition coefficient (Wildman–Crippen LogP) is 5.69. The molecule has 0 atom stereocenters. The summed E-state index contributed by atoms with van der Waals surface area (Å²) in [6.45, 7) is 5.09. The Balaban J connectivity index is 2.12. The van der Waals surface area contributed by atoms with Crippen molar-refractivity contribution < 1.29 is 27.8 Å². The number of phenolic OH excluding ortho intramolecular Hbond substituents is 1. The molecular formula is C19H19F3N4O3. The summed E-state index contributed by atoms with van der Waals surface area (Å²) in [5.41, 5.74) is 1.12. The number of phenols is 1. The molecule has 2 aromatic carbocycles. The van der Waals surface area contributed by atoms with Crippen LogP contribution in [0.25, 0.3) is 0 Å². The van der Waals surface area contributed by atoms with Gasteiger partial charge in [-0.25, -0.2) is 10.2 Å². The number of carbonyl (C=O) groups is 1. The summed E-state index contributed by atoms with van der Waals surface area (Å²) >= 11 is 0. The first-order chi connectivity index (χ1) is 13.4. The number of carbonyl (C=O) groups excluding carboxylic acids is 1. The Kier molecular flexibility index (Phi) is 6.57. The molecule has 0 heterocycles. The average molecular weight is 408 g/mol. The molecule has 1 amide bonds. The zero-order valence-electron chi connectivity index (χ0n) is 15.9. The van der Waals surface area contributed by atoms with E-state index in [4.69, 9.17) is 4.74 Å². The van der Waals surface area contributed by atoms with Gasteiger partial charge in [-0.15, -0.1) is 0 Å². The fourth-order valence-electron chi connectivity index (χ4n) is 2.02. The van der Waals surface area contributed by atoms with Gasteiger partial charge in [0, 0.05) is 5.56 Å². The fourth-order valence-corrected chi connectivity index (χ4v) is 2.02. The summed E-state index contributed by atoms with van der Waals surface area (Å²) in [7, 11) is 0. The topological polar surface area (TPSA) is 95.6 Å². The van der Waals surface area contributed by atoms with Crippen LogP contribution in [0.4, 0.5) is 29.3 Å². The number of hydrogen-bond donors (Lipinski definition) is 2. The number of nitrogens with one attached hydrogen (secondary N) is 1. The maximum atomic E-state index is 12.7.